The maximum Gasteiger partial charge on any atom is 0.124 e. The summed E-state index contributed by atoms with van der Waals surface area (Å²) in [5.74, 6) is 2.40. The molecule has 1 aromatic rings. The maximum atomic E-state index is 5.97. The number of unbranched alkanes of at least 4 members (excludes halogenated alkanes) is 4. The quantitative estimate of drug-likeness (QED) is 0.417. The van der Waals surface area contributed by atoms with E-state index >= 15 is 0 Å². The predicted molar refractivity (Wildman–Crippen MR) is 86.4 cm³/mol. The third-order valence-electron chi connectivity index (χ3n) is 3.26. The van der Waals surface area contributed by atoms with E-state index in [-0.39, 0.29) is 0 Å². The number of methoxy groups -OCH3 is 1. The van der Waals surface area contributed by atoms with Gasteiger partial charge in [-0.25, -0.2) is 0 Å². The number of benzene rings is 1. The highest BCUT2D eigenvalue weighted by atomic mass is 35.5. The molecule has 0 saturated carbocycles. The summed E-state index contributed by atoms with van der Waals surface area (Å²) in [5, 5.41) is 0. The van der Waals surface area contributed by atoms with Crippen LogP contribution in [0.25, 0.3) is 0 Å². The van der Waals surface area contributed by atoms with Crippen LogP contribution < -0.4 is 9.47 Å². The van der Waals surface area contributed by atoms with Gasteiger partial charge in [0, 0.05) is 11.1 Å². The highest BCUT2D eigenvalue weighted by Gasteiger charge is 2.10. The van der Waals surface area contributed by atoms with Gasteiger partial charge in [0.2, 0.25) is 0 Å². The fraction of sp³-hybridized carbons (Fsp3) is 0.625. The zero-order valence-electron chi connectivity index (χ0n) is 12.4. The molecule has 0 heterocycles. The third kappa shape index (κ3) is 5.41. The van der Waals surface area contributed by atoms with Crippen LogP contribution in [0.2, 0.25) is 0 Å². The van der Waals surface area contributed by atoms with E-state index in [9.17, 15) is 0 Å². The Bertz CT molecular complexity index is 394. The van der Waals surface area contributed by atoms with Gasteiger partial charge >= 0.3 is 0 Å². The van der Waals surface area contributed by atoms with Crippen LogP contribution in [0, 0.1) is 0 Å². The molecule has 2 nitrogen and oxygen atoms in total. The smallest absolute Gasteiger partial charge is 0.124 e. The molecule has 0 aliphatic rings. The molecule has 0 aromatic heterocycles. The molecule has 0 aliphatic heterocycles. The number of halogens is 2. The second-order valence-corrected chi connectivity index (χ2v) is 5.34. The number of hydrogen-bond donors (Lipinski definition) is 0. The zero-order chi connectivity index (χ0) is 14.8. The maximum absolute atomic E-state index is 5.97. The van der Waals surface area contributed by atoms with Gasteiger partial charge in [-0.2, -0.15) is 0 Å². The van der Waals surface area contributed by atoms with Crippen molar-refractivity contribution in [2.45, 2.75) is 50.8 Å². The lowest BCUT2D eigenvalue weighted by Crippen LogP contribution is -2.02. The van der Waals surface area contributed by atoms with Crippen molar-refractivity contribution >= 4 is 23.2 Å². The van der Waals surface area contributed by atoms with E-state index in [1.54, 1.807) is 7.11 Å². The standard InChI is InChI=1S/C16H24Cl2O2/c1-3-4-5-6-7-8-20-16-10-13(11-17)15(19-2)9-14(16)12-18/h9-10H,3-8,11-12H2,1-2H3. The monoisotopic (exact) mass is 318 g/mol. The molecule has 0 spiro atoms. The molecule has 0 radical (unpaired) electrons. The highest BCUT2D eigenvalue weighted by Crippen LogP contribution is 2.31. The average Bonchev–Trinajstić information content (AvgIpc) is 2.49. The summed E-state index contributed by atoms with van der Waals surface area (Å²) in [6.07, 6.45) is 6.12. The lowest BCUT2D eigenvalue weighted by atomic mass is 10.1. The van der Waals surface area contributed by atoms with Crippen molar-refractivity contribution in [1.29, 1.82) is 0 Å². The third-order valence-corrected chi connectivity index (χ3v) is 3.83. The first-order valence-electron chi connectivity index (χ1n) is 7.21. The van der Waals surface area contributed by atoms with E-state index in [4.69, 9.17) is 32.7 Å². The van der Waals surface area contributed by atoms with Gasteiger partial charge in [0.15, 0.2) is 0 Å². The molecule has 114 valence electrons. The Labute approximate surface area is 132 Å². The van der Waals surface area contributed by atoms with E-state index in [1.165, 1.54) is 25.7 Å². The zero-order valence-corrected chi connectivity index (χ0v) is 13.9. The Morgan fingerprint density at radius 2 is 1.50 bits per heavy atom. The number of ether oxygens (including phenoxy) is 2. The number of alkyl halides is 2. The molecule has 0 atom stereocenters. The lowest BCUT2D eigenvalue weighted by Gasteiger charge is -2.14. The van der Waals surface area contributed by atoms with Crippen LogP contribution in [0.5, 0.6) is 11.5 Å². The van der Waals surface area contributed by atoms with Crippen LogP contribution in [-0.2, 0) is 11.8 Å². The van der Waals surface area contributed by atoms with Crippen molar-refractivity contribution < 1.29 is 9.47 Å². The number of rotatable bonds is 10. The fourth-order valence-electron chi connectivity index (χ4n) is 2.07. The van der Waals surface area contributed by atoms with Crippen LogP contribution in [0.15, 0.2) is 12.1 Å². The van der Waals surface area contributed by atoms with E-state index < -0.39 is 0 Å². The molecule has 0 aliphatic carbocycles. The van der Waals surface area contributed by atoms with Gasteiger partial charge in [-0.1, -0.05) is 32.6 Å². The van der Waals surface area contributed by atoms with Gasteiger partial charge in [-0.3, -0.25) is 0 Å². The molecular weight excluding hydrogens is 295 g/mol. The van der Waals surface area contributed by atoms with Crippen LogP contribution in [0.3, 0.4) is 0 Å². The van der Waals surface area contributed by atoms with Gasteiger partial charge in [-0.15, -0.1) is 23.2 Å². The summed E-state index contributed by atoms with van der Waals surface area (Å²) >= 11 is 11.9. The Kier molecular flexibility index (Phi) is 8.88. The first kappa shape index (κ1) is 17.5. The summed E-state index contributed by atoms with van der Waals surface area (Å²) in [6, 6.07) is 3.85. The van der Waals surface area contributed by atoms with Crippen LogP contribution in [-0.4, -0.2) is 13.7 Å². The molecule has 0 amide bonds. The highest BCUT2D eigenvalue weighted by molar-refractivity contribution is 6.18. The van der Waals surface area contributed by atoms with Gasteiger partial charge in [-0.05, 0) is 18.6 Å². The fourth-order valence-corrected chi connectivity index (χ4v) is 2.48. The molecule has 0 unspecified atom stereocenters. The van der Waals surface area contributed by atoms with Crippen LogP contribution in [0.1, 0.15) is 50.2 Å². The first-order chi connectivity index (χ1) is 9.76. The Hall–Kier alpha value is -0.600. The molecule has 0 N–H and O–H groups in total. The largest absolute Gasteiger partial charge is 0.496 e. The second kappa shape index (κ2) is 10.2. The summed E-state index contributed by atoms with van der Waals surface area (Å²) in [4.78, 5) is 0. The van der Waals surface area contributed by atoms with Crippen LogP contribution in [0.4, 0.5) is 0 Å². The van der Waals surface area contributed by atoms with Crippen LogP contribution >= 0.6 is 23.2 Å². The Morgan fingerprint density at radius 3 is 2.10 bits per heavy atom. The SMILES string of the molecule is CCCCCCCOc1cc(CCl)c(OC)cc1CCl. The van der Waals surface area contributed by atoms with Gasteiger partial charge in [0.1, 0.15) is 11.5 Å². The van der Waals surface area contributed by atoms with Crippen molar-refractivity contribution in [3.63, 3.8) is 0 Å². The molecule has 1 rings (SSSR count). The van der Waals surface area contributed by atoms with Gasteiger partial charge < -0.3 is 9.47 Å². The minimum Gasteiger partial charge on any atom is -0.496 e. The summed E-state index contributed by atoms with van der Waals surface area (Å²) in [7, 11) is 1.64. The second-order valence-electron chi connectivity index (χ2n) is 4.80. The van der Waals surface area contributed by atoms with E-state index in [0.717, 1.165) is 35.7 Å². The van der Waals surface area contributed by atoms with Crippen molar-refractivity contribution in [1.82, 2.24) is 0 Å². The Morgan fingerprint density at radius 1 is 0.900 bits per heavy atom. The van der Waals surface area contributed by atoms with E-state index in [0.29, 0.717) is 11.8 Å². The van der Waals surface area contributed by atoms with Gasteiger partial charge in [0.25, 0.3) is 0 Å². The molecule has 0 bridgehead atoms. The molecule has 0 saturated heterocycles. The van der Waals surface area contributed by atoms with Crippen molar-refractivity contribution in [3.8, 4) is 11.5 Å². The van der Waals surface area contributed by atoms with Gasteiger partial charge in [0.05, 0.1) is 25.5 Å². The van der Waals surface area contributed by atoms with E-state index in [1.807, 2.05) is 12.1 Å². The van der Waals surface area contributed by atoms with Crippen molar-refractivity contribution in [2.75, 3.05) is 13.7 Å². The Balaban J connectivity index is 2.59. The number of hydrogen-bond acceptors (Lipinski definition) is 2. The molecule has 1 aromatic carbocycles. The normalized spacial score (nSPS) is 10.6. The topological polar surface area (TPSA) is 18.5 Å². The minimum absolute atomic E-state index is 0.401. The summed E-state index contributed by atoms with van der Waals surface area (Å²) < 4.78 is 11.2. The van der Waals surface area contributed by atoms with Crippen molar-refractivity contribution in [3.05, 3.63) is 23.3 Å². The van der Waals surface area contributed by atoms with E-state index in [2.05, 4.69) is 6.92 Å². The molecule has 0 fully saturated rings. The molecule has 20 heavy (non-hydrogen) atoms. The predicted octanol–water partition coefficient (Wildman–Crippen LogP) is 5.52. The lowest BCUT2D eigenvalue weighted by molar-refractivity contribution is 0.301. The summed E-state index contributed by atoms with van der Waals surface area (Å²) in [6.45, 7) is 2.94. The average molecular weight is 319 g/mol. The molecule has 4 heteroatoms. The minimum atomic E-state index is 0.401. The van der Waals surface area contributed by atoms with Crippen molar-refractivity contribution in [2.24, 2.45) is 0 Å². The first-order valence-corrected chi connectivity index (χ1v) is 8.28. The summed E-state index contributed by atoms with van der Waals surface area (Å²) in [5.41, 5.74) is 1.88. The molecular formula is C16H24Cl2O2.